The van der Waals surface area contributed by atoms with Crippen LogP contribution in [0.4, 0.5) is 0 Å². The number of hydrogen-bond donors (Lipinski definition) is 0. The Bertz CT molecular complexity index is 1850. The van der Waals surface area contributed by atoms with Gasteiger partial charge in [0.2, 0.25) is 0 Å². The molecule has 2 aliphatic rings. The summed E-state index contributed by atoms with van der Waals surface area (Å²) < 4.78 is 0. The maximum Gasteiger partial charge on any atom is -0.00143 e. The van der Waals surface area contributed by atoms with E-state index in [1.54, 1.807) is 0 Å². The molecule has 0 unspecified atom stereocenters. The van der Waals surface area contributed by atoms with Crippen LogP contribution in [0.2, 0.25) is 0 Å². The van der Waals surface area contributed by atoms with E-state index in [-0.39, 0.29) is 0 Å². The third kappa shape index (κ3) is 4.30. The van der Waals surface area contributed by atoms with E-state index >= 15 is 0 Å². The maximum absolute atomic E-state index is 2.42. The molecule has 0 radical (unpaired) electrons. The van der Waals surface area contributed by atoms with Crippen molar-refractivity contribution < 1.29 is 0 Å². The minimum atomic E-state index is 1.21. The Morgan fingerprint density at radius 3 is 1.07 bits per heavy atom. The molecule has 5 aromatic carbocycles. The molecule has 0 nitrogen and oxygen atoms in total. The van der Waals surface area contributed by atoms with Crippen LogP contribution in [0.1, 0.15) is 0 Å². The van der Waals surface area contributed by atoms with Gasteiger partial charge in [-0.1, -0.05) is 164 Å². The van der Waals surface area contributed by atoms with E-state index in [2.05, 4.69) is 170 Å². The van der Waals surface area contributed by atoms with Crippen LogP contribution in [0.25, 0.3) is 66.8 Å². The fourth-order valence-electron chi connectivity index (χ4n) is 5.89. The van der Waals surface area contributed by atoms with Gasteiger partial charge in [-0.25, -0.2) is 0 Å². The van der Waals surface area contributed by atoms with E-state index in [9.17, 15) is 0 Å². The molecule has 0 heteroatoms. The van der Waals surface area contributed by atoms with Gasteiger partial charge in [-0.3, -0.25) is 0 Å². The van der Waals surface area contributed by atoms with Crippen molar-refractivity contribution in [1.82, 2.24) is 0 Å². The lowest BCUT2D eigenvalue weighted by Gasteiger charge is -2.24. The van der Waals surface area contributed by atoms with Crippen molar-refractivity contribution >= 4 is 0 Å². The van der Waals surface area contributed by atoms with Crippen molar-refractivity contribution in [2.24, 2.45) is 0 Å². The smallest absolute Gasteiger partial charge is 0.00143 e. The zero-order valence-electron chi connectivity index (χ0n) is 22.2. The van der Waals surface area contributed by atoms with Gasteiger partial charge in [-0.15, -0.1) is 0 Å². The van der Waals surface area contributed by atoms with Crippen molar-refractivity contribution in [2.75, 3.05) is 0 Å². The molecule has 0 atom stereocenters. The van der Waals surface area contributed by atoms with Gasteiger partial charge in [0.25, 0.3) is 0 Å². The van der Waals surface area contributed by atoms with Crippen LogP contribution < -0.4 is 0 Å². The fourth-order valence-corrected chi connectivity index (χ4v) is 5.89. The first-order valence-electron chi connectivity index (χ1n) is 13.8. The highest BCUT2D eigenvalue weighted by Gasteiger charge is 2.25. The summed E-state index contributed by atoms with van der Waals surface area (Å²) in [4.78, 5) is 0. The summed E-state index contributed by atoms with van der Waals surface area (Å²) in [7, 11) is 0. The Hall–Kier alpha value is -5.20. The second-order valence-corrected chi connectivity index (χ2v) is 10.1. The zero-order valence-corrected chi connectivity index (χ0v) is 22.2. The Labute approximate surface area is 236 Å². The minimum Gasteiger partial charge on any atom is -0.0622 e. The maximum atomic E-state index is 2.42. The third-order valence-corrected chi connectivity index (χ3v) is 7.68. The largest absolute Gasteiger partial charge is 0.0622 e. The number of fused-ring (bicyclic) bond motifs is 1. The van der Waals surface area contributed by atoms with Crippen molar-refractivity contribution in [2.45, 2.75) is 0 Å². The summed E-state index contributed by atoms with van der Waals surface area (Å²) in [5.74, 6) is 0. The van der Waals surface area contributed by atoms with Crippen LogP contribution in [0, 0.1) is 0 Å². The molecular weight excluding hydrogens is 480 g/mol. The predicted octanol–water partition coefficient (Wildman–Crippen LogP) is 11.1. The van der Waals surface area contributed by atoms with Gasteiger partial charge in [-0.05, 0) is 72.8 Å². The molecule has 0 saturated carbocycles. The Morgan fingerprint density at radius 2 is 0.575 bits per heavy atom. The monoisotopic (exact) mass is 508 g/mol. The molecule has 0 spiro atoms. The van der Waals surface area contributed by atoms with Gasteiger partial charge < -0.3 is 0 Å². The van der Waals surface area contributed by atoms with E-state index in [1.165, 1.54) is 66.8 Å². The van der Waals surface area contributed by atoms with Crippen LogP contribution in [0.3, 0.4) is 0 Å². The molecule has 0 aliphatic heterocycles. The summed E-state index contributed by atoms with van der Waals surface area (Å²) in [5.41, 5.74) is 14.8. The molecule has 0 N–H and O–H groups in total. The second kappa shape index (κ2) is 10.5. The molecule has 0 bridgehead atoms. The standard InChI is InChI=1S/C40H28/c1-6-16-29(17-7-1)36-28-37(35-27-26-30-18-8-5-15-25-34(30)35)39(32-21-11-3-12-22-32)40(33-23-13-4-14-24-33)38(36)31-19-9-2-10-20-31/h1-28H. The molecular formula is C40H28. The van der Waals surface area contributed by atoms with E-state index in [4.69, 9.17) is 0 Å². The molecule has 0 saturated heterocycles. The number of rotatable bonds is 5. The lowest BCUT2D eigenvalue weighted by molar-refractivity contribution is 1.53. The fraction of sp³-hybridized carbons (Fsp3) is 0. The van der Waals surface area contributed by atoms with Gasteiger partial charge >= 0.3 is 0 Å². The molecule has 0 amide bonds. The second-order valence-electron chi connectivity index (χ2n) is 10.1. The average molecular weight is 509 g/mol. The number of benzene rings is 5. The Morgan fingerprint density at radius 1 is 0.200 bits per heavy atom. The van der Waals surface area contributed by atoms with Gasteiger partial charge in [0.15, 0.2) is 0 Å². The zero-order chi connectivity index (χ0) is 26.7. The van der Waals surface area contributed by atoms with Crippen molar-refractivity contribution in [1.29, 1.82) is 0 Å². The van der Waals surface area contributed by atoms with E-state index in [0.29, 0.717) is 0 Å². The summed E-state index contributed by atoms with van der Waals surface area (Å²) in [6.07, 6.45) is 0. The highest BCUT2D eigenvalue weighted by molar-refractivity contribution is 6.09. The first-order valence-corrected chi connectivity index (χ1v) is 13.8. The first kappa shape index (κ1) is 23.9. The normalized spacial score (nSPS) is 11.0. The van der Waals surface area contributed by atoms with Gasteiger partial charge in [0.05, 0.1) is 0 Å². The molecule has 188 valence electrons. The topological polar surface area (TPSA) is 0 Å². The molecule has 7 rings (SSSR count). The van der Waals surface area contributed by atoms with E-state index in [1.807, 2.05) is 0 Å². The minimum absolute atomic E-state index is 1.21. The molecule has 0 aromatic heterocycles. The van der Waals surface area contributed by atoms with Crippen LogP contribution in [0.15, 0.2) is 170 Å². The van der Waals surface area contributed by atoms with Crippen molar-refractivity contribution in [3.8, 4) is 66.8 Å². The SMILES string of the molecule is c1ccc(-c2cc(-c3ccc4cccccc3-4)c(-c3ccccc3)c(-c3ccccc3)c2-c2ccccc2)cc1. The molecule has 2 aliphatic carbocycles. The summed E-state index contributed by atoms with van der Waals surface area (Å²) in [6, 6.07) is 61.2. The van der Waals surface area contributed by atoms with E-state index in [0.717, 1.165) is 0 Å². The lowest BCUT2D eigenvalue weighted by atomic mass is 9.78. The van der Waals surface area contributed by atoms with E-state index < -0.39 is 0 Å². The van der Waals surface area contributed by atoms with Gasteiger partial charge in [0, 0.05) is 0 Å². The Kier molecular flexibility index (Phi) is 6.28. The van der Waals surface area contributed by atoms with Crippen molar-refractivity contribution in [3.05, 3.63) is 170 Å². The van der Waals surface area contributed by atoms with Gasteiger partial charge in [-0.2, -0.15) is 0 Å². The van der Waals surface area contributed by atoms with Crippen LogP contribution in [-0.4, -0.2) is 0 Å². The molecule has 40 heavy (non-hydrogen) atoms. The Balaban J connectivity index is 1.70. The first-order chi connectivity index (χ1) is 19.9. The van der Waals surface area contributed by atoms with Crippen LogP contribution >= 0.6 is 0 Å². The predicted molar refractivity (Wildman–Crippen MR) is 170 cm³/mol. The highest BCUT2D eigenvalue weighted by Crippen LogP contribution is 2.51. The van der Waals surface area contributed by atoms with Crippen LogP contribution in [0.5, 0.6) is 0 Å². The highest BCUT2D eigenvalue weighted by atomic mass is 14.3. The third-order valence-electron chi connectivity index (χ3n) is 7.68. The van der Waals surface area contributed by atoms with Crippen molar-refractivity contribution in [3.63, 3.8) is 0 Å². The molecule has 0 heterocycles. The average Bonchev–Trinajstić information content (AvgIpc) is 3.29. The lowest BCUT2D eigenvalue weighted by Crippen LogP contribution is -1.98. The summed E-state index contributed by atoms with van der Waals surface area (Å²) in [5, 5.41) is 0. The summed E-state index contributed by atoms with van der Waals surface area (Å²) >= 11 is 0. The molecule has 0 fully saturated rings. The summed E-state index contributed by atoms with van der Waals surface area (Å²) in [6.45, 7) is 0. The quantitative estimate of drug-likeness (QED) is 0.217. The number of hydrogen-bond acceptors (Lipinski definition) is 0. The van der Waals surface area contributed by atoms with Gasteiger partial charge in [0.1, 0.15) is 0 Å². The molecule has 5 aromatic rings. The van der Waals surface area contributed by atoms with Crippen LogP contribution in [-0.2, 0) is 0 Å².